The molecule has 2 aromatic rings. The Bertz CT molecular complexity index is 598. The van der Waals surface area contributed by atoms with Crippen molar-refractivity contribution >= 4 is 15.9 Å². The third kappa shape index (κ3) is 2.51. The van der Waals surface area contributed by atoms with Gasteiger partial charge in [0.05, 0.1) is 6.10 Å². The van der Waals surface area contributed by atoms with Gasteiger partial charge in [-0.2, -0.15) is 0 Å². The number of aliphatic hydroxyl groups excluding tert-OH is 1. The van der Waals surface area contributed by atoms with Crippen molar-refractivity contribution in [1.29, 1.82) is 0 Å². The first kappa shape index (κ1) is 12.6. The van der Waals surface area contributed by atoms with Gasteiger partial charge in [0.15, 0.2) is 0 Å². The minimum Gasteiger partial charge on any atom is -0.485 e. The van der Waals surface area contributed by atoms with Crippen LogP contribution in [0, 0.1) is 6.92 Å². The molecule has 1 N–H and O–H groups in total. The van der Waals surface area contributed by atoms with Crippen LogP contribution < -0.4 is 4.74 Å². The predicted octanol–water partition coefficient (Wildman–Crippen LogP) is 3.71. The molecule has 98 valence electrons. The number of fused-ring (bicyclic) bond motifs is 1. The number of halogens is 1. The van der Waals surface area contributed by atoms with Crippen LogP contribution in [0.4, 0.5) is 0 Å². The van der Waals surface area contributed by atoms with E-state index in [0.29, 0.717) is 6.42 Å². The van der Waals surface area contributed by atoms with Crippen LogP contribution in [-0.2, 0) is 0 Å². The number of hydrogen-bond acceptors (Lipinski definition) is 3. The Balaban J connectivity index is 1.93. The van der Waals surface area contributed by atoms with E-state index in [1.165, 1.54) is 0 Å². The maximum Gasteiger partial charge on any atom is 0.128 e. The maximum absolute atomic E-state index is 10.2. The summed E-state index contributed by atoms with van der Waals surface area (Å²) in [4.78, 5) is 4.28. The Labute approximate surface area is 120 Å². The molecule has 0 saturated heterocycles. The second kappa shape index (κ2) is 4.94. The number of rotatable bonds is 1. The number of hydrogen-bond donors (Lipinski definition) is 1. The molecule has 0 fully saturated rings. The number of aromatic nitrogens is 1. The quantitative estimate of drug-likeness (QED) is 0.871. The minimum absolute atomic E-state index is 0.148. The number of ether oxygens (including phenoxy) is 1. The van der Waals surface area contributed by atoms with Crippen LogP contribution in [0.2, 0.25) is 0 Å². The van der Waals surface area contributed by atoms with E-state index in [-0.39, 0.29) is 6.10 Å². The highest BCUT2D eigenvalue weighted by molar-refractivity contribution is 9.10. The molecule has 2 heterocycles. The van der Waals surface area contributed by atoms with E-state index in [4.69, 9.17) is 4.74 Å². The van der Waals surface area contributed by atoms with Gasteiger partial charge in [-0.1, -0.05) is 28.1 Å². The lowest BCUT2D eigenvalue weighted by molar-refractivity contribution is 0.0655. The van der Waals surface area contributed by atoms with Crippen molar-refractivity contribution in [2.24, 2.45) is 0 Å². The van der Waals surface area contributed by atoms with Crippen molar-refractivity contribution < 1.29 is 9.84 Å². The first-order valence-electron chi connectivity index (χ1n) is 6.20. The molecule has 0 radical (unpaired) electrons. The molecule has 19 heavy (non-hydrogen) atoms. The first-order valence-corrected chi connectivity index (χ1v) is 6.99. The SMILES string of the molecule is Cc1ccc(C2C[C@H](O)c3ccc(Br)cc3O2)cn1. The highest BCUT2D eigenvalue weighted by Gasteiger charge is 2.28. The molecule has 4 heteroatoms. The van der Waals surface area contributed by atoms with Gasteiger partial charge in [0, 0.05) is 33.9 Å². The van der Waals surface area contributed by atoms with Crippen molar-refractivity contribution in [3.05, 3.63) is 57.8 Å². The normalized spacial score (nSPS) is 21.6. The highest BCUT2D eigenvalue weighted by Crippen LogP contribution is 2.41. The van der Waals surface area contributed by atoms with Crippen LogP contribution in [0.3, 0.4) is 0 Å². The Morgan fingerprint density at radius 3 is 2.89 bits per heavy atom. The van der Waals surface area contributed by atoms with Gasteiger partial charge in [0.1, 0.15) is 11.9 Å². The largest absolute Gasteiger partial charge is 0.485 e. The van der Waals surface area contributed by atoms with Gasteiger partial charge in [0.25, 0.3) is 0 Å². The van der Waals surface area contributed by atoms with Crippen molar-refractivity contribution in [2.45, 2.75) is 25.6 Å². The van der Waals surface area contributed by atoms with Crippen molar-refractivity contribution in [1.82, 2.24) is 4.98 Å². The summed E-state index contributed by atoms with van der Waals surface area (Å²) in [6.07, 6.45) is 1.72. The van der Waals surface area contributed by atoms with Gasteiger partial charge in [-0.05, 0) is 25.1 Å². The summed E-state index contributed by atoms with van der Waals surface area (Å²) in [5.74, 6) is 0.735. The van der Waals surface area contributed by atoms with Gasteiger partial charge in [-0.25, -0.2) is 0 Å². The molecule has 1 aromatic heterocycles. The van der Waals surface area contributed by atoms with Crippen LogP contribution >= 0.6 is 15.9 Å². The fourth-order valence-corrected chi connectivity index (χ4v) is 2.63. The minimum atomic E-state index is -0.497. The maximum atomic E-state index is 10.2. The molecule has 1 aliphatic heterocycles. The zero-order valence-electron chi connectivity index (χ0n) is 10.5. The van der Waals surface area contributed by atoms with E-state index in [9.17, 15) is 5.11 Å². The highest BCUT2D eigenvalue weighted by atomic mass is 79.9. The zero-order valence-corrected chi connectivity index (χ0v) is 12.1. The second-order valence-corrected chi connectivity index (χ2v) is 5.69. The van der Waals surface area contributed by atoms with Crippen LogP contribution in [0.25, 0.3) is 0 Å². The average Bonchev–Trinajstić information content (AvgIpc) is 2.38. The summed E-state index contributed by atoms with van der Waals surface area (Å²) in [6, 6.07) is 9.67. The molecule has 2 atom stereocenters. The molecule has 0 amide bonds. The topological polar surface area (TPSA) is 42.4 Å². The smallest absolute Gasteiger partial charge is 0.128 e. The van der Waals surface area contributed by atoms with Gasteiger partial charge >= 0.3 is 0 Å². The summed E-state index contributed by atoms with van der Waals surface area (Å²) in [5, 5.41) is 10.2. The van der Waals surface area contributed by atoms with E-state index >= 15 is 0 Å². The fraction of sp³-hybridized carbons (Fsp3) is 0.267. The van der Waals surface area contributed by atoms with Crippen LogP contribution in [0.1, 0.15) is 35.4 Å². The molecule has 1 aliphatic rings. The van der Waals surface area contributed by atoms with Crippen molar-refractivity contribution in [2.75, 3.05) is 0 Å². The summed E-state index contributed by atoms with van der Waals surface area (Å²) >= 11 is 3.42. The summed E-state index contributed by atoms with van der Waals surface area (Å²) in [6.45, 7) is 1.95. The Morgan fingerprint density at radius 2 is 2.16 bits per heavy atom. The monoisotopic (exact) mass is 319 g/mol. The van der Waals surface area contributed by atoms with Crippen molar-refractivity contribution in [3.63, 3.8) is 0 Å². The summed E-state index contributed by atoms with van der Waals surface area (Å²) in [5.41, 5.74) is 2.82. The molecule has 0 spiro atoms. The lowest BCUT2D eigenvalue weighted by Crippen LogP contribution is -2.19. The van der Waals surface area contributed by atoms with E-state index in [1.54, 1.807) is 0 Å². The van der Waals surface area contributed by atoms with E-state index in [0.717, 1.165) is 27.0 Å². The Kier molecular flexibility index (Phi) is 3.29. The van der Waals surface area contributed by atoms with Gasteiger partial charge < -0.3 is 9.84 Å². The summed E-state index contributed by atoms with van der Waals surface area (Å²) in [7, 11) is 0. The third-order valence-corrected chi connectivity index (χ3v) is 3.84. The molecule has 1 unspecified atom stereocenters. The number of aliphatic hydroxyl groups is 1. The molecule has 3 rings (SSSR count). The molecule has 0 saturated carbocycles. The van der Waals surface area contributed by atoms with Gasteiger partial charge in [-0.15, -0.1) is 0 Å². The number of nitrogens with zero attached hydrogens (tertiary/aromatic N) is 1. The standard InChI is InChI=1S/C15H14BrNO2/c1-9-2-3-10(8-17-9)14-7-13(18)12-5-4-11(16)6-15(12)19-14/h2-6,8,13-14,18H,7H2,1H3/t13-,14?/m0/s1. The van der Waals surface area contributed by atoms with Crippen LogP contribution in [0.15, 0.2) is 41.0 Å². The van der Waals surface area contributed by atoms with Crippen LogP contribution in [-0.4, -0.2) is 10.1 Å². The lowest BCUT2D eigenvalue weighted by Gasteiger charge is -2.29. The molecule has 0 aliphatic carbocycles. The van der Waals surface area contributed by atoms with Crippen molar-refractivity contribution in [3.8, 4) is 5.75 Å². The van der Waals surface area contributed by atoms with E-state index < -0.39 is 6.10 Å². The van der Waals surface area contributed by atoms with E-state index in [2.05, 4.69) is 20.9 Å². The predicted molar refractivity (Wildman–Crippen MR) is 76.1 cm³/mol. The molecule has 1 aromatic carbocycles. The zero-order chi connectivity index (χ0) is 13.4. The summed E-state index contributed by atoms with van der Waals surface area (Å²) < 4.78 is 6.92. The molecule has 3 nitrogen and oxygen atoms in total. The number of aryl methyl sites for hydroxylation is 1. The molecular formula is C15H14BrNO2. The number of benzene rings is 1. The van der Waals surface area contributed by atoms with Crippen LogP contribution in [0.5, 0.6) is 5.75 Å². The Morgan fingerprint density at radius 1 is 1.32 bits per heavy atom. The van der Waals surface area contributed by atoms with E-state index in [1.807, 2.05) is 43.5 Å². The third-order valence-electron chi connectivity index (χ3n) is 3.35. The molecule has 0 bridgehead atoms. The first-order chi connectivity index (χ1) is 9.13. The number of pyridine rings is 1. The van der Waals surface area contributed by atoms with Gasteiger partial charge in [0.2, 0.25) is 0 Å². The fourth-order valence-electron chi connectivity index (χ4n) is 2.29. The lowest BCUT2D eigenvalue weighted by atomic mass is 9.96. The average molecular weight is 320 g/mol. The molecular weight excluding hydrogens is 306 g/mol. The van der Waals surface area contributed by atoms with Gasteiger partial charge in [-0.3, -0.25) is 4.98 Å². The second-order valence-electron chi connectivity index (χ2n) is 4.77. The Hall–Kier alpha value is -1.39.